The molecular formula is C14H26F2N2O. The Morgan fingerprint density at radius 3 is 2.47 bits per heavy atom. The summed E-state index contributed by atoms with van der Waals surface area (Å²) >= 11 is 0. The van der Waals surface area contributed by atoms with Crippen molar-refractivity contribution in [3.05, 3.63) is 0 Å². The summed E-state index contributed by atoms with van der Waals surface area (Å²) in [7, 11) is 0. The van der Waals surface area contributed by atoms with Crippen LogP contribution in [0.4, 0.5) is 8.78 Å². The second kappa shape index (κ2) is 6.64. The molecule has 0 radical (unpaired) electrons. The van der Waals surface area contributed by atoms with Crippen molar-refractivity contribution in [3.63, 3.8) is 0 Å². The number of alkyl halides is 2. The third-order valence-electron chi connectivity index (χ3n) is 3.89. The number of amides is 1. The Morgan fingerprint density at radius 2 is 1.95 bits per heavy atom. The molecule has 0 aromatic carbocycles. The molecule has 3 N–H and O–H groups in total. The Balaban J connectivity index is 2.32. The van der Waals surface area contributed by atoms with E-state index in [1.807, 2.05) is 0 Å². The van der Waals surface area contributed by atoms with Gasteiger partial charge >= 0.3 is 0 Å². The molecule has 0 heterocycles. The average Bonchev–Trinajstić information content (AvgIpc) is 2.34. The van der Waals surface area contributed by atoms with E-state index in [2.05, 4.69) is 19.2 Å². The molecule has 1 saturated carbocycles. The van der Waals surface area contributed by atoms with Gasteiger partial charge in [-0.05, 0) is 37.6 Å². The summed E-state index contributed by atoms with van der Waals surface area (Å²) in [4.78, 5) is 11.9. The Hall–Kier alpha value is -0.710. The minimum absolute atomic E-state index is 0.00757. The van der Waals surface area contributed by atoms with Gasteiger partial charge in [-0.1, -0.05) is 13.8 Å². The van der Waals surface area contributed by atoms with Crippen LogP contribution in [0.5, 0.6) is 0 Å². The van der Waals surface area contributed by atoms with Crippen LogP contribution < -0.4 is 11.1 Å². The molecule has 1 aliphatic carbocycles. The first-order valence-electron chi connectivity index (χ1n) is 7.11. The van der Waals surface area contributed by atoms with E-state index >= 15 is 0 Å². The van der Waals surface area contributed by atoms with Crippen LogP contribution >= 0.6 is 0 Å². The summed E-state index contributed by atoms with van der Waals surface area (Å²) in [5.41, 5.74) is 5.48. The van der Waals surface area contributed by atoms with Gasteiger partial charge in [-0.3, -0.25) is 4.79 Å². The predicted molar refractivity (Wildman–Crippen MR) is 72.0 cm³/mol. The molecule has 0 spiro atoms. The number of nitrogens with two attached hydrogens (primary N) is 1. The van der Waals surface area contributed by atoms with Gasteiger partial charge in [0.2, 0.25) is 11.8 Å². The summed E-state index contributed by atoms with van der Waals surface area (Å²) in [5, 5.41) is 2.90. The Kier molecular flexibility index (Phi) is 5.71. The Labute approximate surface area is 114 Å². The molecule has 0 aromatic heterocycles. The molecule has 0 bridgehead atoms. The van der Waals surface area contributed by atoms with Gasteiger partial charge in [0, 0.05) is 25.3 Å². The standard InChI is InChI=1S/C14H26F2N2O/c1-13(2,6-3-9-17)10-18-12(19)11-4-7-14(15,16)8-5-11/h11H,3-10,17H2,1-2H3,(H,18,19). The van der Waals surface area contributed by atoms with Crippen molar-refractivity contribution >= 4 is 5.91 Å². The van der Waals surface area contributed by atoms with Gasteiger partial charge in [-0.2, -0.15) is 0 Å². The normalized spacial score (nSPS) is 20.3. The summed E-state index contributed by atoms with van der Waals surface area (Å²) in [6.07, 6.45) is 2.14. The van der Waals surface area contributed by atoms with Crippen molar-refractivity contribution in [1.29, 1.82) is 0 Å². The lowest BCUT2D eigenvalue weighted by atomic mass is 9.85. The van der Waals surface area contributed by atoms with Gasteiger partial charge in [0.1, 0.15) is 0 Å². The van der Waals surface area contributed by atoms with Gasteiger partial charge in [0.15, 0.2) is 0 Å². The maximum atomic E-state index is 13.0. The van der Waals surface area contributed by atoms with Crippen molar-refractivity contribution in [2.45, 2.75) is 58.3 Å². The second-order valence-electron chi connectivity index (χ2n) is 6.40. The highest BCUT2D eigenvalue weighted by atomic mass is 19.3. The van der Waals surface area contributed by atoms with E-state index in [0.29, 0.717) is 25.9 Å². The average molecular weight is 276 g/mol. The third-order valence-corrected chi connectivity index (χ3v) is 3.89. The number of carbonyl (C=O) groups is 1. The van der Waals surface area contributed by atoms with Crippen LogP contribution in [0.2, 0.25) is 0 Å². The smallest absolute Gasteiger partial charge is 0.248 e. The molecule has 112 valence electrons. The van der Waals surface area contributed by atoms with Crippen molar-refractivity contribution in [2.24, 2.45) is 17.1 Å². The van der Waals surface area contributed by atoms with Crippen LogP contribution in [0.15, 0.2) is 0 Å². The lowest BCUT2D eigenvalue weighted by Crippen LogP contribution is -2.40. The zero-order valence-corrected chi connectivity index (χ0v) is 12.0. The van der Waals surface area contributed by atoms with E-state index in [0.717, 1.165) is 12.8 Å². The maximum Gasteiger partial charge on any atom is 0.248 e. The minimum atomic E-state index is -2.57. The number of hydrogen-bond donors (Lipinski definition) is 2. The topological polar surface area (TPSA) is 55.1 Å². The van der Waals surface area contributed by atoms with Gasteiger partial charge in [-0.15, -0.1) is 0 Å². The fraction of sp³-hybridized carbons (Fsp3) is 0.929. The number of carbonyl (C=O) groups excluding carboxylic acids is 1. The highest BCUT2D eigenvalue weighted by molar-refractivity contribution is 5.78. The van der Waals surface area contributed by atoms with Crippen LogP contribution in [0, 0.1) is 11.3 Å². The highest BCUT2D eigenvalue weighted by Gasteiger charge is 2.37. The molecule has 1 fully saturated rings. The Morgan fingerprint density at radius 1 is 1.37 bits per heavy atom. The molecular weight excluding hydrogens is 250 g/mol. The van der Waals surface area contributed by atoms with Crippen LogP contribution in [-0.2, 0) is 4.79 Å². The fourth-order valence-corrected chi connectivity index (χ4v) is 2.44. The van der Waals surface area contributed by atoms with Gasteiger partial charge in [-0.25, -0.2) is 8.78 Å². The van der Waals surface area contributed by atoms with Crippen LogP contribution in [-0.4, -0.2) is 24.9 Å². The number of hydrogen-bond acceptors (Lipinski definition) is 2. The number of rotatable bonds is 6. The molecule has 19 heavy (non-hydrogen) atoms. The van der Waals surface area contributed by atoms with E-state index in [4.69, 9.17) is 5.73 Å². The van der Waals surface area contributed by atoms with E-state index in [9.17, 15) is 13.6 Å². The molecule has 0 atom stereocenters. The van der Waals surface area contributed by atoms with E-state index in [-0.39, 0.29) is 30.1 Å². The van der Waals surface area contributed by atoms with Crippen molar-refractivity contribution in [2.75, 3.05) is 13.1 Å². The molecule has 0 unspecified atom stereocenters. The first kappa shape index (κ1) is 16.3. The van der Waals surface area contributed by atoms with Crippen LogP contribution in [0.3, 0.4) is 0 Å². The number of nitrogens with one attached hydrogen (secondary N) is 1. The molecule has 0 saturated heterocycles. The van der Waals surface area contributed by atoms with E-state index < -0.39 is 5.92 Å². The lowest BCUT2D eigenvalue weighted by molar-refractivity contribution is -0.129. The minimum Gasteiger partial charge on any atom is -0.355 e. The van der Waals surface area contributed by atoms with Crippen molar-refractivity contribution in [3.8, 4) is 0 Å². The largest absolute Gasteiger partial charge is 0.355 e. The van der Waals surface area contributed by atoms with Gasteiger partial charge < -0.3 is 11.1 Å². The van der Waals surface area contributed by atoms with E-state index in [1.165, 1.54) is 0 Å². The van der Waals surface area contributed by atoms with Crippen molar-refractivity contribution < 1.29 is 13.6 Å². The van der Waals surface area contributed by atoms with E-state index in [1.54, 1.807) is 0 Å². The quantitative estimate of drug-likeness (QED) is 0.783. The second-order valence-corrected chi connectivity index (χ2v) is 6.40. The first-order chi connectivity index (χ1) is 8.76. The van der Waals surface area contributed by atoms with Gasteiger partial charge in [0.05, 0.1) is 0 Å². The van der Waals surface area contributed by atoms with Crippen LogP contribution in [0.25, 0.3) is 0 Å². The fourth-order valence-electron chi connectivity index (χ4n) is 2.44. The SMILES string of the molecule is CC(C)(CCCN)CNC(=O)C1CCC(F)(F)CC1. The summed E-state index contributed by atoms with van der Waals surface area (Å²) in [6.45, 7) is 5.39. The molecule has 5 heteroatoms. The summed E-state index contributed by atoms with van der Waals surface area (Å²) in [5.74, 6) is -2.89. The molecule has 1 rings (SSSR count). The maximum absolute atomic E-state index is 13.0. The molecule has 1 aliphatic rings. The molecule has 1 amide bonds. The third kappa shape index (κ3) is 5.85. The summed E-state index contributed by atoms with van der Waals surface area (Å²) in [6, 6.07) is 0. The van der Waals surface area contributed by atoms with Crippen molar-refractivity contribution in [1.82, 2.24) is 5.32 Å². The molecule has 0 aromatic rings. The number of halogens is 2. The van der Waals surface area contributed by atoms with Crippen LogP contribution in [0.1, 0.15) is 52.4 Å². The predicted octanol–water partition coefficient (Wildman–Crippen LogP) is 2.69. The molecule has 0 aliphatic heterocycles. The first-order valence-corrected chi connectivity index (χ1v) is 7.11. The summed E-state index contributed by atoms with van der Waals surface area (Å²) < 4.78 is 26.0. The Bertz CT molecular complexity index is 296. The molecule has 3 nitrogen and oxygen atoms in total. The zero-order chi connectivity index (χ0) is 14.5. The monoisotopic (exact) mass is 276 g/mol. The highest BCUT2D eigenvalue weighted by Crippen LogP contribution is 2.36. The zero-order valence-electron chi connectivity index (χ0n) is 12.0. The lowest BCUT2D eigenvalue weighted by Gasteiger charge is -2.29. The van der Waals surface area contributed by atoms with Gasteiger partial charge in [0.25, 0.3) is 0 Å².